The molecule has 0 unspecified atom stereocenters. The molecule has 0 saturated heterocycles. The third-order valence-corrected chi connectivity index (χ3v) is 1.98. The second-order valence-corrected chi connectivity index (χ2v) is 3.19. The number of pyridine rings is 1. The predicted octanol–water partition coefficient (Wildman–Crippen LogP) is 3.57. The fraction of sp³-hybridized carbons (Fsp3) is 0.167. The molecular weight excluding hydrogens is 258 g/mol. The van der Waals surface area contributed by atoms with Crippen LogP contribution in [0, 0.1) is 5.95 Å². The van der Waals surface area contributed by atoms with Crippen molar-refractivity contribution in [3.05, 3.63) is 27.2 Å². The molecule has 1 nitrogen and oxygen atoms in total. The van der Waals surface area contributed by atoms with Gasteiger partial charge in [0.05, 0.1) is 9.50 Å². The number of nitrogens with zero attached hydrogens (tertiary/aromatic N) is 1. The molecule has 0 spiro atoms. The lowest BCUT2D eigenvalue weighted by Crippen LogP contribution is -1.95. The molecule has 1 rings (SSSR count). The van der Waals surface area contributed by atoms with Crippen LogP contribution in [0.2, 0.25) is 5.02 Å². The largest absolute Gasteiger partial charge is 0.281 e. The highest BCUT2D eigenvalue weighted by Gasteiger charge is 2.16. The van der Waals surface area contributed by atoms with E-state index >= 15 is 0 Å². The highest BCUT2D eigenvalue weighted by molar-refractivity contribution is 9.10. The van der Waals surface area contributed by atoms with Crippen molar-refractivity contribution in [2.24, 2.45) is 0 Å². The normalized spacial score (nSPS) is 10.8. The van der Waals surface area contributed by atoms with Gasteiger partial charge in [0.1, 0.15) is 5.69 Å². The first-order chi connectivity index (χ1) is 5.52. The molecule has 0 saturated carbocycles. The lowest BCUT2D eigenvalue weighted by atomic mass is 10.3. The zero-order valence-corrected chi connectivity index (χ0v) is 7.83. The molecule has 0 bridgehead atoms. The van der Waals surface area contributed by atoms with Gasteiger partial charge in [0.25, 0.3) is 6.43 Å². The van der Waals surface area contributed by atoms with E-state index in [0.717, 1.165) is 6.07 Å². The molecular formula is C6H2BrClF3N. The molecule has 1 heterocycles. The Morgan fingerprint density at radius 1 is 1.50 bits per heavy atom. The van der Waals surface area contributed by atoms with E-state index in [4.69, 9.17) is 11.6 Å². The summed E-state index contributed by atoms with van der Waals surface area (Å²) < 4.78 is 36.6. The van der Waals surface area contributed by atoms with Gasteiger partial charge >= 0.3 is 0 Å². The maximum atomic E-state index is 12.6. The van der Waals surface area contributed by atoms with Crippen molar-refractivity contribution in [2.45, 2.75) is 6.43 Å². The van der Waals surface area contributed by atoms with Crippen LogP contribution in [0.1, 0.15) is 12.1 Å². The number of rotatable bonds is 1. The third kappa shape index (κ3) is 1.90. The van der Waals surface area contributed by atoms with Crippen molar-refractivity contribution in [1.29, 1.82) is 0 Å². The van der Waals surface area contributed by atoms with Gasteiger partial charge in [-0.3, -0.25) is 0 Å². The topological polar surface area (TPSA) is 12.9 Å². The zero-order chi connectivity index (χ0) is 9.30. The minimum absolute atomic E-state index is 0.0306. The Morgan fingerprint density at radius 3 is 2.58 bits per heavy atom. The number of hydrogen-bond acceptors (Lipinski definition) is 1. The predicted molar refractivity (Wildman–Crippen MR) is 41.9 cm³/mol. The van der Waals surface area contributed by atoms with Crippen molar-refractivity contribution in [1.82, 2.24) is 4.98 Å². The molecule has 0 aliphatic rings. The average Bonchev–Trinajstić information content (AvgIpc) is 1.96. The van der Waals surface area contributed by atoms with Gasteiger partial charge in [-0.15, -0.1) is 0 Å². The summed E-state index contributed by atoms with van der Waals surface area (Å²) in [7, 11) is 0. The van der Waals surface area contributed by atoms with Crippen LogP contribution in [0.15, 0.2) is 10.5 Å². The third-order valence-electron chi connectivity index (χ3n) is 1.12. The first-order valence-electron chi connectivity index (χ1n) is 2.82. The lowest BCUT2D eigenvalue weighted by Gasteiger charge is -2.02. The first-order valence-corrected chi connectivity index (χ1v) is 3.99. The summed E-state index contributed by atoms with van der Waals surface area (Å²) in [4.78, 5) is 2.98. The van der Waals surface area contributed by atoms with E-state index in [1.165, 1.54) is 0 Å². The molecule has 6 heteroatoms. The Morgan fingerprint density at radius 2 is 2.08 bits per heavy atom. The highest BCUT2D eigenvalue weighted by Crippen LogP contribution is 2.28. The standard InChI is InChI=1S/C6H2BrClF3N/c7-2-1-3(8)4(5(9)10)12-6(2)11/h1,5H. The zero-order valence-electron chi connectivity index (χ0n) is 5.49. The van der Waals surface area contributed by atoms with Gasteiger partial charge in [-0.05, 0) is 22.0 Å². The van der Waals surface area contributed by atoms with Gasteiger partial charge in [0, 0.05) is 0 Å². The summed E-state index contributed by atoms with van der Waals surface area (Å²) in [6.07, 6.45) is -2.86. The highest BCUT2D eigenvalue weighted by atomic mass is 79.9. The molecule has 0 atom stereocenters. The number of halogens is 5. The summed E-state index contributed by atoms with van der Waals surface area (Å²) in [6, 6.07) is 1.05. The van der Waals surface area contributed by atoms with Crippen LogP contribution in [-0.4, -0.2) is 4.98 Å². The van der Waals surface area contributed by atoms with Crippen LogP contribution >= 0.6 is 27.5 Å². The number of hydrogen-bond donors (Lipinski definition) is 0. The Balaban J connectivity index is 3.23. The molecule has 1 aromatic heterocycles. The monoisotopic (exact) mass is 259 g/mol. The summed E-state index contributed by atoms with van der Waals surface area (Å²) in [5.41, 5.74) is -0.739. The smallest absolute Gasteiger partial charge is 0.216 e. The minimum Gasteiger partial charge on any atom is -0.216 e. The summed E-state index contributed by atoms with van der Waals surface area (Å²) >= 11 is 8.12. The minimum atomic E-state index is -2.86. The quantitative estimate of drug-likeness (QED) is 0.703. The Kier molecular flexibility index (Phi) is 2.95. The van der Waals surface area contributed by atoms with Crippen molar-refractivity contribution in [2.75, 3.05) is 0 Å². The van der Waals surface area contributed by atoms with Crippen LogP contribution in [0.4, 0.5) is 13.2 Å². The van der Waals surface area contributed by atoms with E-state index in [0.29, 0.717) is 0 Å². The average molecular weight is 260 g/mol. The maximum absolute atomic E-state index is 12.6. The van der Waals surface area contributed by atoms with Crippen LogP contribution in [0.3, 0.4) is 0 Å². The van der Waals surface area contributed by atoms with E-state index in [1.807, 2.05) is 0 Å². The Bertz CT molecular complexity index is 305. The molecule has 0 aliphatic carbocycles. The van der Waals surface area contributed by atoms with Crippen molar-refractivity contribution in [3.63, 3.8) is 0 Å². The summed E-state index contributed by atoms with van der Waals surface area (Å²) in [6.45, 7) is 0. The summed E-state index contributed by atoms with van der Waals surface area (Å²) in [5.74, 6) is -0.991. The Hall–Kier alpha value is -0.290. The maximum Gasteiger partial charge on any atom is 0.281 e. The van der Waals surface area contributed by atoms with E-state index in [9.17, 15) is 13.2 Å². The molecule has 0 aliphatic heterocycles. The van der Waals surface area contributed by atoms with Gasteiger partial charge in [0.15, 0.2) is 0 Å². The van der Waals surface area contributed by atoms with Crippen molar-refractivity contribution >= 4 is 27.5 Å². The fourth-order valence-electron chi connectivity index (χ4n) is 0.610. The molecule has 66 valence electrons. The van der Waals surface area contributed by atoms with Gasteiger partial charge in [0.2, 0.25) is 5.95 Å². The van der Waals surface area contributed by atoms with Crippen LogP contribution in [0.25, 0.3) is 0 Å². The molecule has 0 radical (unpaired) electrons. The van der Waals surface area contributed by atoms with Crippen molar-refractivity contribution in [3.8, 4) is 0 Å². The van der Waals surface area contributed by atoms with Crippen LogP contribution < -0.4 is 0 Å². The number of alkyl halides is 2. The van der Waals surface area contributed by atoms with Crippen molar-refractivity contribution < 1.29 is 13.2 Å². The van der Waals surface area contributed by atoms with Crippen LogP contribution in [0.5, 0.6) is 0 Å². The van der Waals surface area contributed by atoms with E-state index in [-0.39, 0.29) is 9.50 Å². The van der Waals surface area contributed by atoms with Gasteiger partial charge < -0.3 is 0 Å². The van der Waals surface area contributed by atoms with E-state index in [2.05, 4.69) is 20.9 Å². The molecule has 1 aromatic rings. The fourth-order valence-corrected chi connectivity index (χ4v) is 1.29. The van der Waals surface area contributed by atoms with Gasteiger partial charge in [-0.2, -0.15) is 4.39 Å². The Labute approximate surface area is 79.7 Å². The molecule has 0 amide bonds. The second kappa shape index (κ2) is 3.62. The molecule has 12 heavy (non-hydrogen) atoms. The van der Waals surface area contributed by atoms with Gasteiger partial charge in [-0.1, -0.05) is 11.6 Å². The first kappa shape index (κ1) is 9.80. The molecule has 0 fully saturated rings. The number of aromatic nitrogens is 1. The van der Waals surface area contributed by atoms with Gasteiger partial charge in [-0.25, -0.2) is 13.8 Å². The SMILES string of the molecule is Fc1nc(C(F)F)c(Cl)cc1Br. The molecule has 0 aromatic carbocycles. The van der Waals surface area contributed by atoms with E-state index < -0.39 is 18.1 Å². The van der Waals surface area contributed by atoms with E-state index in [1.54, 1.807) is 0 Å². The summed E-state index contributed by atoms with van der Waals surface area (Å²) in [5, 5.41) is -0.252. The van der Waals surface area contributed by atoms with Crippen LogP contribution in [-0.2, 0) is 0 Å². The lowest BCUT2D eigenvalue weighted by molar-refractivity contribution is 0.145. The second-order valence-electron chi connectivity index (χ2n) is 1.93. The molecule has 0 N–H and O–H groups in total.